The Hall–Kier alpha value is -3.54. The van der Waals surface area contributed by atoms with Gasteiger partial charge in [0.2, 0.25) is 0 Å². The minimum absolute atomic E-state index is 0.154. The van der Waals surface area contributed by atoms with Gasteiger partial charge >= 0.3 is 0 Å². The maximum Gasteiger partial charge on any atom is 0.270 e. The molecule has 5 nitrogen and oxygen atoms in total. The highest BCUT2D eigenvalue weighted by Crippen LogP contribution is 2.10. The lowest BCUT2D eigenvalue weighted by Gasteiger charge is -2.17. The van der Waals surface area contributed by atoms with Gasteiger partial charge in [-0.2, -0.15) is 0 Å². The quantitative estimate of drug-likeness (QED) is 0.716. The van der Waals surface area contributed by atoms with Gasteiger partial charge in [-0.05, 0) is 35.4 Å². The van der Waals surface area contributed by atoms with Gasteiger partial charge < -0.3 is 10.2 Å². The SMILES string of the molecule is CN(Cc1ccccc1)C(=O)c1ccnc(C(=O)NCc2ccc(F)cc2)c1. The Bertz CT molecular complexity index is 959. The average Bonchev–Trinajstić information content (AvgIpc) is 2.73. The fourth-order valence-corrected chi connectivity index (χ4v) is 2.71. The van der Waals surface area contributed by atoms with Crippen LogP contribution in [-0.4, -0.2) is 28.7 Å². The summed E-state index contributed by atoms with van der Waals surface area (Å²) < 4.78 is 12.9. The summed E-state index contributed by atoms with van der Waals surface area (Å²) in [4.78, 5) is 30.7. The van der Waals surface area contributed by atoms with Crippen molar-refractivity contribution in [3.63, 3.8) is 0 Å². The van der Waals surface area contributed by atoms with Gasteiger partial charge in [0.05, 0.1) is 0 Å². The first kappa shape index (κ1) is 19.2. The van der Waals surface area contributed by atoms with Crippen molar-refractivity contribution in [2.24, 2.45) is 0 Å². The van der Waals surface area contributed by atoms with Gasteiger partial charge in [-0.1, -0.05) is 42.5 Å². The molecule has 142 valence electrons. The second-order valence-corrected chi connectivity index (χ2v) is 6.39. The number of pyridine rings is 1. The van der Waals surface area contributed by atoms with Crippen LogP contribution in [0, 0.1) is 5.82 Å². The van der Waals surface area contributed by atoms with Gasteiger partial charge in [0, 0.05) is 31.9 Å². The molecule has 0 aliphatic rings. The van der Waals surface area contributed by atoms with E-state index in [4.69, 9.17) is 0 Å². The molecule has 0 spiro atoms. The number of rotatable bonds is 6. The van der Waals surface area contributed by atoms with Crippen LogP contribution in [0.4, 0.5) is 4.39 Å². The fourth-order valence-electron chi connectivity index (χ4n) is 2.71. The van der Waals surface area contributed by atoms with Crippen LogP contribution < -0.4 is 5.32 Å². The Morgan fingerprint density at radius 2 is 1.71 bits per heavy atom. The Labute approximate surface area is 162 Å². The van der Waals surface area contributed by atoms with E-state index >= 15 is 0 Å². The van der Waals surface area contributed by atoms with E-state index in [-0.39, 0.29) is 24.0 Å². The molecule has 0 radical (unpaired) electrons. The summed E-state index contributed by atoms with van der Waals surface area (Å²) in [5, 5.41) is 2.72. The zero-order chi connectivity index (χ0) is 19.9. The van der Waals surface area contributed by atoms with E-state index in [0.29, 0.717) is 12.1 Å². The van der Waals surface area contributed by atoms with E-state index in [0.717, 1.165) is 11.1 Å². The summed E-state index contributed by atoms with van der Waals surface area (Å²) in [7, 11) is 1.71. The lowest BCUT2D eigenvalue weighted by molar-refractivity contribution is 0.0785. The van der Waals surface area contributed by atoms with Crippen molar-refractivity contribution in [2.45, 2.75) is 13.1 Å². The molecule has 28 heavy (non-hydrogen) atoms. The van der Waals surface area contributed by atoms with E-state index in [9.17, 15) is 14.0 Å². The van der Waals surface area contributed by atoms with Crippen LogP contribution in [0.3, 0.4) is 0 Å². The molecule has 0 bridgehead atoms. The third-order valence-corrected chi connectivity index (χ3v) is 4.22. The number of aromatic nitrogens is 1. The number of benzene rings is 2. The van der Waals surface area contributed by atoms with Gasteiger partial charge in [0.1, 0.15) is 11.5 Å². The van der Waals surface area contributed by atoms with E-state index in [1.165, 1.54) is 24.4 Å². The molecule has 0 atom stereocenters. The standard InChI is InChI=1S/C22H20FN3O2/c1-26(15-17-5-3-2-4-6-17)22(28)18-11-12-24-20(13-18)21(27)25-14-16-7-9-19(23)10-8-16/h2-13H,14-15H2,1H3,(H,25,27). The van der Waals surface area contributed by atoms with Crippen molar-refractivity contribution in [3.8, 4) is 0 Å². The highest BCUT2D eigenvalue weighted by atomic mass is 19.1. The lowest BCUT2D eigenvalue weighted by Crippen LogP contribution is -2.27. The fraction of sp³-hybridized carbons (Fsp3) is 0.136. The molecular weight excluding hydrogens is 357 g/mol. The minimum atomic E-state index is -0.398. The van der Waals surface area contributed by atoms with Crippen LogP contribution in [-0.2, 0) is 13.1 Å². The normalized spacial score (nSPS) is 10.4. The van der Waals surface area contributed by atoms with Crippen LogP contribution >= 0.6 is 0 Å². The largest absolute Gasteiger partial charge is 0.347 e. The van der Waals surface area contributed by atoms with Crippen molar-refractivity contribution in [2.75, 3.05) is 7.05 Å². The number of amides is 2. The molecule has 6 heteroatoms. The Kier molecular flexibility index (Phi) is 6.11. The summed E-state index contributed by atoms with van der Waals surface area (Å²) in [6, 6.07) is 18.6. The molecule has 0 aliphatic carbocycles. The van der Waals surface area contributed by atoms with Crippen LogP contribution in [0.2, 0.25) is 0 Å². The molecule has 0 fully saturated rings. The van der Waals surface area contributed by atoms with Crippen molar-refractivity contribution in [3.05, 3.63) is 101 Å². The molecule has 3 aromatic rings. The minimum Gasteiger partial charge on any atom is -0.347 e. The van der Waals surface area contributed by atoms with Crippen molar-refractivity contribution in [1.29, 1.82) is 0 Å². The average molecular weight is 377 g/mol. The summed E-state index contributed by atoms with van der Waals surface area (Å²) in [5.74, 6) is -0.925. The first-order valence-electron chi connectivity index (χ1n) is 8.81. The number of carbonyl (C=O) groups excluding carboxylic acids is 2. The molecule has 2 aromatic carbocycles. The van der Waals surface area contributed by atoms with Crippen molar-refractivity contribution < 1.29 is 14.0 Å². The first-order valence-corrected chi connectivity index (χ1v) is 8.81. The van der Waals surface area contributed by atoms with E-state index in [2.05, 4.69) is 10.3 Å². The predicted octanol–water partition coefficient (Wildman–Crippen LogP) is 3.42. The number of hydrogen-bond acceptors (Lipinski definition) is 3. The lowest BCUT2D eigenvalue weighted by atomic mass is 10.1. The van der Waals surface area contributed by atoms with Gasteiger partial charge in [0.15, 0.2) is 0 Å². The van der Waals surface area contributed by atoms with Crippen molar-refractivity contribution in [1.82, 2.24) is 15.2 Å². The van der Waals surface area contributed by atoms with E-state index < -0.39 is 5.91 Å². The number of nitrogens with zero attached hydrogens (tertiary/aromatic N) is 2. The van der Waals surface area contributed by atoms with Crippen LogP contribution in [0.5, 0.6) is 0 Å². The molecule has 3 rings (SSSR count). The molecule has 0 aliphatic heterocycles. The van der Waals surface area contributed by atoms with Crippen LogP contribution in [0.1, 0.15) is 32.0 Å². The van der Waals surface area contributed by atoms with Crippen LogP contribution in [0.25, 0.3) is 0 Å². The summed E-state index contributed by atoms with van der Waals surface area (Å²) in [5.41, 5.74) is 2.33. The maximum absolute atomic E-state index is 12.9. The second kappa shape index (κ2) is 8.90. The molecule has 0 saturated heterocycles. The third kappa shape index (κ3) is 5.01. The van der Waals surface area contributed by atoms with Gasteiger partial charge in [0.25, 0.3) is 11.8 Å². The molecule has 2 amide bonds. The Morgan fingerprint density at radius 1 is 1.00 bits per heavy atom. The smallest absolute Gasteiger partial charge is 0.270 e. The van der Waals surface area contributed by atoms with E-state index in [1.54, 1.807) is 30.1 Å². The molecule has 0 saturated carbocycles. The molecule has 0 unspecified atom stereocenters. The van der Waals surface area contributed by atoms with Gasteiger partial charge in [-0.15, -0.1) is 0 Å². The molecule has 1 N–H and O–H groups in total. The maximum atomic E-state index is 12.9. The van der Waals surface area contributed by atoms with Crippen molar-refractivity contribution >= 4 is 11.8 Å². The van der Waals surface area contributed by atoms with E-state index in [1.807, 2.05) is 30.3 Å². The molecule has 1 heterocycles. The monoisotopic (exact) mass is 377 g/mol. The topological polar surface area (TPSA) is 62.3 Å². The zero-order valence-electron chi connectivity index (χ0n) is 15.4. The first-order chi connectivity index (χ1) is 13.5. The van der Waals surface area contributed by atoms with Gasteiger partial charge in [-0.3, -0.25) is 14.6 Å². The molecule has 1 aromatic heterocycles. The summed E-state index contributed by atoms with van der Waals surface area (Å²) in [6.45, 7) is 0.709. The number of nitrogens with one attached hydrogen (secondary N) is 1. The number of carbonyl (C=O) groups is 2. The number of hydrogen-bond donors (Lipinski definition) is 1. The molecular formula is C22H20FN3O2. The summed E-state index contributed by atoms with van der Waals surface area (Å²) in [6.07, 6.45) is 1.44. The number of halogens is 1. The Balaban J connectivity index is 1.64. The predicted molar refractivity (Wildman–Crippen MR) is 104 cm³/mol. The highest BCUT2D eigenvalue weighted by Gasteiger charge is 2.15. The highest BCUT2D eigenvalue weighted by molar-refractivity contribution is 5.98. The van der Waals surface area contributed by atoms with Crippen LogP contribution in [0.15, 0.2) is 72.9 Å². The zero-order valence-corrected chi connectivity index (χ0v) is 15.4. The Morgan fingerprint density at radius 3 is 2.43 bits per heavy atom. The third-order valence-electron chi connectivity index (χ3n) is 4.22. The second-order valence-electron chi connectivity index (χ2n) is 6.39. The summed E-state index contributed by atoms with van der Waals surface area (Å²) >= 11 is 0. The van der Waals surface area contributed by atoms with Gasteiger partial charge in [-0.25, -0.2) is 4.39 Å².